The van der Waals surface area contributed by atoms with Crippen LogP contribution in [0.3, 0.4) is 0 Å². The van der Waals surface area contributed by atoms with Crippen molar-refractivity contribution in [1.29, 1.82) is 0 Å². The van der Waals surface area contributed by atoms with Gasteiger partial charge in [-0.05, 0) is 18.6 Å². The Morgan fingerprint density at radius 1 is 1.27 bits per heavy atom. The van der Waals surface area contributed by atoms with Crippen LogP contribution in [-0.4, -0.2) is 31.5 Å². The molecule has 0 aromatic heterocycles. The number of rotatable bonds is 3. The van der Waals surface area contributed by atoms with Crippen LogP contribution in [0.4, 0.5) is 5.69 Å². The van der Waals surface area contributed by atoms with E-state index in [1.165, 1.54) is 0 Å². The second-order valence-electron chi connectivity index (χ2n) is 3.46. The Hall–Kier alpha value is -1.42. The lowest BCUT2D eigenvalue weighted by molar-refractivity contribution is 0.171. The second kappa shape index (κ2) is 4.40. The Kier molecular flexibility index (Phi) is 2.97. The number of fused-ring (bicyclic) bond motifs is 1. The number of hydrogen-bond acceptors (Lipinski definition) is 4. The highest BCUT2D eigenvalue weighted by Gasteiger charge is 2.13. The van der Waals surface area contributed by atoms with Gasteiger partial charge in [0.05, 0.1) is 6.61 Å². The highest BCUT2D eigenvalue weighted by atomic mass is 16.6. The van der Waals surface area contributed by atoms with E-state index in [2.05, 4.69) is 5.32 Å². The van der Waals surface area contributed by atoms with Gasteiger partial charge in [-0.1, -0.05) is 0 Å². The molecule has 15 heavy (non-hydrogen) atoms. The van der Waals surface area contributed by atoms with Crippen molar-refractivity contribution in [2.24, 2.45) is 0 Å². The second-order valence-corrected chi connectivity index (χ2v) is 3.46. The van der Waals surface area contributed by atoms with E-state index < -0.39 is 0 Å². The van der Waals surface area contributed by atoms with Gasteiger partial charge in [0.15, 0.2) is 11.5 Å². The molecule has 2 rings (SSSR count). The van der Waals surface area contributed by atoms with Gasteiger partial charge in [-0.25, -0.2) is 0 Å². The van der Waals surface area contributed by atoms with E-state index in [9.17, 15) is 0 Å². The Labute approximate surface area is 88.8 Å². The maximum Gasteiger partial charge on any atom is 0.163 e. The van der Waals surface area contributed by atoms with Crippen molar-refractivity contribution < 1.29 is 14.6 Å². The third-order valence-corrected chi connectivity index (χ3v) is 2.32. The van der Waals surface area contributed by atoms with Crippen LogP contribution in [0.15, 0.2) is 12.1 Å². The summed E-state index contributed by atoms with van der Waals surface area (Å²) in [6.07, 6.45) is 0. The molecule has 0 bridgehead atoms. The van der Waals surface area contributed by atoms with E-state index in [1.54, 1.807) is 0 Å². The van der Waals surface area contributed by atoms with E-state index in [-0.39, 0.29) is 6.61 Å². The normalized spacial score (nSPS) is 13.7. The maximum atomic E-state index is 8.74. The zero-order valence-corrected chi connectivity index (χ0v) is 8.75. The van der Waals surface area contributed by atoms with Crippen LogP contribution in [0.25, 0.3) is 0 Å². The lowest BCUT2D eigenvalue weighted by Gasteiger charge is -2.20. The molecule has 0 radical (unpaired) electrons. The maximum absolute atomic E-state index is 8.74. The molecule has 82 valence electrons. The number of aliphatic hydroxyl groups excluding tert-OH is 1. The molecule has 0 atom stereocenters. The summed E-state index contributed by atoms with van der Waals surface area (Å²) in [7, 11) is 0. The summed E-state index contributed by atoms with van der Waals surface area (Å²) in [5, 5.41) is 11.9. The van der Waals surface area contributed by atoms with Crippen LogP contribution in [0.2, 0.25) is 0 Å². The third-order valence-electron chi connectivity index (χ3n) is 2.32. The fourth-order valence-corrected chi connectivity index (χ4v) is 1.57. The summed E-state index contributed by atoms with van der Waals surface area (Å²) >= 11 is 0. The lowest BCUT2D eigenvalue weighted by atomic mass is 10.1. The van der Waals surface area contributed by atoms with Crippen molar-refractivity contribution in [3.8, 4) is 11.5 Å². The van der Waals surface area contributed by atoms with Crippen LogP contribution in [0, 0.1) is 6.92 Å². The average Bonchev–Trinajstić information content (AvgIpc) is 2.26. The Balaban J connectivity index is 2.24. The van der Waals surface area contributed by atoms with Gasteiger partial charge in [0.1, 0.15) is 13.2 Å². The van der Waals surface area contributed by atoms with Crippen LogP contribution >= 0.6 is 0 Å². The standard InChI is InChI=1S/C11H15NO3/c1-8-6-10-11(15-5-4-14-10)7-9(8)12-2-3-13/h6-7,12-13H,2-5H2,1H3. The molecule has 1 heterocycles. The summed E-state index contributed by atoms with van der Waals surface area (Å²) in [5.74, 6) is 1.57. The van der Waals surface area contributed by atoms with Crippen LogP contribution in [0.5, 0.6) is 11.5 Å². The first-order valence-electron chi connectivity index (χ1n) is 5.06. The molecule has 2 N–H and O–H groups in total. The number of aryl methyl sites for hydroxylation is 1. The van der Waals surface area contributed by atoms with Crippen molar-refractivity contribution in [3.63, 3.8) is 0 Å². The first kappa shape index (κ1) is 10.1. The summed E-state index contributed by atoms with van der Waals surface area (Å²) < 4.78 is 10.9. The van der Waals surface area contributed by atoms with Gasteiger partial charge in [-0.3, -0.25) is 0 Å². The molecule has 0 fully saturated rings. The van der Waals surface area contributed by atoms with Crippen molar-refractivity contribution in [1.82, 2.24) is 0 Å². The molecular formula is C11H15NO3. The van der Waals surface area contributed by atoms with Crippen molar-refractivity contribution >= 4 is 5.69 Å². The predicted octanol–water partition coefficient (Wildman–Crippen LogP) is 1.17. The molecule has 0 unspecified atom stereocenters. The molecular weight excluding hydrogens is 194 g/mol. The van der Waals surface area contributed by atoms with Crippen molar-refractivity contribution in [2.75, 3.05) is 31.7 Å². The Morgan fingerprint density at radius 2 is 1.93 bits per heavy atom. The third kappa shape index (κ3) is 2.15. The molecule has 0 amide bonds. The number of ether oxygens (including phenoxy) is 2. The smallest absolute Gasteiger partial charge is 0.163 e. The summed E-state index contributed by atoms with van der Waals surface area (Å²) in [6.45, 7) is 3.86. The van der Waals surface area contributed by atoms with Gasteiger partial charge in [-0.15, -0.1) is 0 Å². The zero-order chi connectivity index (χ0) is 10.7. The lowest BCUT2D eigenvalue weighted by Crippen LogP contribution is -2.16. The first-order valence-corrected chi connectivity index (χ1v) is 5.06. The molecule has 0 spiro atoms. The number of anilines is 1. The molecule has 0 saturated heterocycles. The number of nitrogens with one attached hydrogen (secondary N) is 1. The number of aliphatic hydroxyl groups is 1. The van der Waals surface area contributed by atoms with Gasteiger partial charge in [0.2, 0.25) is 0 Å². The molecule has 1 aromatic carbocycles. The summed E-state index contributed by atoms with van der Waals surface area (Å²) in [5.41, 5.74) is 2.07. The number of benzene rings is 1. The minimum atomic E-state index is 0.119. The Bertz CT molecular complexity index is 352. The van der Waals surface area contributed by atoms with E-state index in [0.29, 0.717) is 19.8 Å². The molecule has 1 aromatic rings. The van der Waals surface area contributed by atoms with Crippen molar-refractivity contribution in [3.05, 3.63) is 17.7 Å². The SMILES string of the molecule is Cc1cc2c(cc1NCCO)OCCO2. The summed E-state index contributed by atoms with van der Waals surface area (Å²) in [4.78, 5) is 0. The van der Waals surface area contributed by atoms with Gasteiger partial charge in [-0.2, -0.15) is 0 Å². The van der Waals surface area contributed by atoms with Crippen LogP contribution < -0.4 is 14.8 Å². The van der Waals surface area contributed by atoms with E-state index in [4.69, 9.17) is 14.6 Å². The topological polar surface area (TPSA) is 50.7 Å². The van der Waals surface area contributed by atoms with Gasteiger partial charge >= 0.3 is 0 Å². The summed E-state index contributed by atoms with van der Waals surface area (Å²) in [6, 6.07) is 3.87. The van der Waals surface area contributed by atoms with Gasteiger partial charge in [0, 0.05) is 18.3 Å². The molecule has 4 nitrogen and oxygen atoms in total. The molecule has 1 aliphatic heterocycles. The monoisotopic (exact) mass is 209 g/mol. The largest absolute Gasteiger partial charge is 0.486 e. The van der Waals surface area contributed by atoms with Crippen LogP contribution in [-0.2, 0) is 0 Å². The molecule has 4 heteroatoms. The fraction of sp³-hybridized carbons (Fsp3) is 0.455. The van der Waals surface area contributed by atoms with E-state index in [0.717, 1.165) is 22.7 Å². The minimum absolute atomic E-state index is 0.119. The van der Waals surface area contributed by atoms with Crippen molar-refractivity contribution in [2.45, 2.75) is 6.92 Å². The quantitative estimate of drug-likeness (QED) is 0.784. The minimum Gasteiger partial charge on any atom is -0.486 e. The van der Waals surface area contributed by atoms with E-state index in [1.807, 2.05) is 19.1 Å². The van der Waals surface area contributed by atoms with Gasteiger partial charge < -0.3 is 19.9 Å². The highest BCUT2D eigenvalue weighted by molar-refractivity contribution is 5.60. The first-order chi connectivity index (χ1) is 7.31. The predicted molar refractivity (Wildman–Crippen MR) is 57.7 cm³/mol. The van der Waals surface area contributed by atoms with Crippen LogP contribution in [0.1, 0.15) is 5.56 Å². The fourth-order valence-electron chi connectivity index (χ4n) is 1.57. The number of hydrogen-bond donors (Lipinski definition) is 2. The van der Waals surface area contributed by atoms with Gasteiger partial charge in [0.25, 0.3) is 0 Å². The molecule has 0 aliphatic carbocycles. The molecule has 1 aliphatic rings. The average molecular weight is 209 g/mol. The van der Waals surface area contributed by atoms with E-state index >= 15 is 0 Å². The molecule has 0 saturated carbocycles. The Morgan fingerprint density at radius 3 is 2.60 bits per heavy atom. The highest BCUT2D eigenvalue weighted by Crippen LogP contribution is 2.35. The zero-order valence-electron chi connectivity index (χ0n) is 8.75.